The van der Waals surface area contributed by atoms with Crippen molar-refractivity contribution >= 4 is 11.9 Å². The molecular weight excluding hydrogens is 356 g/mol. The second-order valence-corrected chi connectivity index (χ2v) is 9.15. The van der Waals surface area contributed by atoms with Gasteiger partial charge in [-0.1, -0.05) is 32.9 Å². The molecule has 8 atom stereocenters. The highest BCUT2D eigenvalue weighted by Crippen LogP contribution is 2.46. The molecule has 0 radical (unpaired) electrons. The van der Waals surface area contributed by atoms with Crippen molar-refractivity contribution in [3.8, 4) is 0 Å². The smallest absolute Gasteiger partial charge is 0.308 e. The molecule has 0 bridgehead atoms. The number of hydrogen-bond donors (Lipinski definition) is 1. The van der Waals surface area contributed by atoms with E-state index < -0.39 is 6.10 Å². The zero-order chi connectivity index (χ0) is 20.3. The Morgan fingerprint density at radius 1 is 1.32 bits per heavy atom. The summed E-state index contributed by atoms with van der Waals surface area (Å²) in [6.45, 7) is 6.19. The first kappa shape index (κ1) is 21.4. The molecule has 1 unspecified atom stereocenters. The van der Waals surface area contributed by atoms with Crippen molar-refractivity contribution in [1.82, 2.24) is 0 Å². The maximum absolute atomic E-state index is 12.5. The third kappa shape index (κ3) is 4.97. The molecule has 158 valence electrons. The predicted octanol–water partition coefficient (Wildman–Crippen LogP) is 4.03. The summed E-state index contributed by atoms with van der Waals surface area (Å²) in [5, 5.41) is 9.87. The van der Waals surface area contributed by atoms with Crippen molar-refractivity contribution in [1.29, 1.82) is 0 Å². The lowest BCUT2D eigenvalue weighted by molar-refractivity contribution is -0.164. The minimum Gasteiger partial charge on any atom is -0.462 e. The number of esters is 2. The third-order valence-electron chi connectivity index (χ3n) is 7.12. The van der Waals surface area contributed by atoms with Crippen LogP contribution in [0.4, 0.5) is 0 Å². The predicted molar refractivity (Wildman–Crippen MR) is 106 cm³/mol. The van der Waals surface area contributed by atoms with Gasteiger partial charge in [0.1, 0.15) is 12.2 Å². The van der Waals surface area contributed by atoms with Gasteiger partial charge in [0, 0.05) is 12.3 Å². The molecule has 0 amide bonds. The van der Waals surface area contributed by atoms with Gasteiger partial charge in [-0.15, -0.1) is 0 Å². The summed E-state index contributed by atoms with van der Waals surface area (Å²) in [5.74, 6) is 1.19. The van der Waals surface area contributed by atoms with Crippen LogP contribution in [0.25, 0.3) is 0 Å². The number of allylic oxidation sites excluding steroid dienone is 2. The Labute approximate surface area is 168 Å². The number of hydrogen-bond acceptors (Lipinski definition) is 5. The molecule has 5 heteroatoms. The molecule has 0 aromatic rings. The van der Waals surface area contributed by atoms with Crippen LogP contribution in [-0.2, 0) is 19.1 Å². The number of aliphatic hydroxyl groups is 1. The number of cyclic esters (lactones) is 1. The summed E-state index contributed by atoms with van der Waals surface area (Å²) in [5.41, 5.74) is 0. The lowest BCUT2D eigenvalue weighted by atomic mass is 9.62. The van der Waals surface area contributed by atoms with Gasteiger partial charge in [0.2, 0.25) is 0 Å². The summed E-state index contributed by atoms with van der Waals surface area (Å²) in [6, 6.07) is 0. The molecule has 2 aliphatic carbocycles. The van der Waals surface area contributed by atoms with Crippen LogP contribution in [0.5, 0.6) is 0 Å². The van der Waals surface area contributed by atoms with Gasteiger partial charge in [0.05, 0.1) is 18.4 Å². The molecule has 0 spiro atoms. The van der Waals surface area contributed by atoms with Crippen LogP contribution in [0.15, 0.2) is 12.2 Å². The zero-order valence-corrected chi connectivity index (χ0v) is 17.5. The lowest BCUT2D eigenvalue weighted by Gasteiger charge is -2.46. The Morgan fingerprint density at radius 3 is 2.82 bits per heavy atom. The molecule has 3 aliphatic rings. The van der Waals surface area contributed by atoms with E-state index in [9.17, 15) is 14.7 Å². The van der Waals surface area contributed by atoms with Gasteiger partial charge in [-0.2, -0.15) is 0 Å². The van der Waals surface area contributed by atoms with Crippen molar-refractivity contribution in [2.24, 2.45) is 29.6 Å². The molecule has 2 fully saturated rings. The summed E-state index contributed by atoms with van der Waals surface area (Å²) in [7, 11) is 0. The molecular formula is C23H36O5. The molecule has 5 nitrogen and oxygen atoms in total. The molecule has 1 heterocycles. The molecule has 3 rings (SSSR count). The first-order chi connectivity index (χ1) is 13.4. The summed E-state index contributed by atoms with van der Waals surface area (Å²) >= 11 is 0. The van der Waals surface area contributed by atoms with Gasteiger partial charge in [0.15, 0.2) is 0 Å². The van der Waals surface area contributed by atoms with Crippen LogP contribution in [0.1, 0.15) is 72.1 Å². The number of rotatable bonds is 6. The van der Waals surface area contributed by atoms with E-state index in [1.807, 2.05) is 13.8 Å². The number of carbonyl (C=O) groups excluding carboxylic acids is 2. The summed E-state index contributed by atoms with van der Waals surface area (Å²) in [6.07, 6.45) is 10.2. The first-order valence-corrected chi connectivity index (χ1v) is 11.1. The van der Waals surface area contributed by atoms with Crippen LogP contribution >= 0.6 is 0 Å². The summed E-state index contributed by atoms with van der Waals surface area (Å²) in [4.78, 5) is 24.1. The van der Waals surface area contributed by atoms with Crippen molar-refractivity contribution in [3.05, 3.63) is 12.2 Å². The van der Waals surface area contributed by atoms with Crippen LogP contribution in [0.3, 0.4) is 0 Å². The van der Waals surface area contributed by atoms with Crippen LogP contribution in [0, 0.1) is 29.6 Å². The molecule has 0 aromatic carbocycles. The van der Waals surface area contributed by atoms with E-state index >= 15 is 0 Å². The Balaban J connectivity index is 1.68. The fourth-order valence-electron chi connectivity index (χ4n) is 5.29. The maximum atomic E-state index is 12.5. The summed E-state index contributed by atoms with van der Waals surface area (Å²) < 4.78 is 11.5. The minimum atomic E-state index is -0.582. The van der Waals surface area contributed by atoms with Gasteiger partial charge in [-0.3, -0.25) is 9.59 Å². The van der Waals surface area contributed by atoms with E-state index in [4.69, 9.17) is 9.47 Å². The lowest BCUT2D eigenvalue weighted by Crippen LogP contribution is -2.44. The fourth-order valence-corrected chi connectivity index (χ4v) is 5.29. The van der Waals surface area contributed by atoms with Crippen molar-refractivity contribution < 1.29 is 24.2 Å². The van der Waals surface area contributed by atoms with Crippen LogP contribution in [-0.4, -0.2) is 35.4 Å². The Hall–Kier alpha value is -1.36. The number of carbonyl (C=O) groups is 2. The van der Waals surface area contributed by atoms with Gasteiger partial charge in [-0.25, -0.2) is 0 Å². The standard InChI is InChI=1S/C23H36O5/c1-4-14(2)23(26)28-20-7-5-6-16-9-8-15(3)19(22(16)20)11-10-18-12-17(24)13-21(25)27-18/h8-9,14-20,22,24H,4-7,10-13H2,1-3H3/t14-,15-,16?,17+,18+,19-,20-,22-/m1/s1. The Bertz CT molecular complexity index is 586. The molecule has 1 N–H and O–H groups in total. The van der Waals surface area contributed by atoms with Gasteiger partial charge < -0.3 is 14.6 Å². The molecule has 1 saturated carbocycles. The average molecular weight is 393 g/mol. The number of fused-ring (bicyclic) bond motifs is 1. The van der Waals surface area contributed by atoms with E-state index in [2.05, 4.69) is 19.1 Å². The SMILES string of the molecule is CC[C@@H](C)C(=O)O[C@@H]1CCCC2C=C[C@@H](C)[C@@H](CC[C@H]3C[C@H](O)CC(=O)O3)[C@@H]21. The molecule has 1 aliphatic heterocycles. The quantitative estimate of drug-likeness (QED) is 0.546. The van der Waals surface area contributed by atoms with E-state index in [1.54, 1.807) is 0 Å². The highest BCUT2D eigenvalue weighted by Gasteiger charge is 2.43. The van der Waals surface area contributed by atoms with E-state index in [0.29, 0.717) is 30.1 Å². The van der Waals surface area contributed by atoms with Crippen molar-refractivity contribution in [2.75, 3.05) is 0 Å². The Morgan fingerprint density at radius 2 is 2.11 bits per heavy atom. The van der Waals surface area contributed by atoms with Crippen molar-refractivity contribution in [2.45, 2.75) is 90.4 Å². The number of ether oxygens (including phenoxy) is 2. The third-order valence-corrected chi connectivity index (χ3v) is 7.12. The van der Waals surface area contributed by atoms with E-state index in [-0.39, 0.29) is 36.5 Å². The highest BCUT2D eigenvalue weighted by atomic mass is 16.5. The normalized spacial score (nSPS) is 39.0. The highest BCUT2D eigenvalue weighted by molar-refractivity contribution is 5.72. The molecule has 28 heavy (non-hydrogen) atoms. The van der Waals surface area contributed by atoms with Crippen LogP contribution in [0.2, 0.25) is 0 Å². The van der Waals surface area contributed by atoms with Gasteiger partial charge in [0.25, 0.3) is 0 Å². The monoisotopic (exact) mass is 392 g/mol. The molecule has 0 aromatic heterocycles. The maximum Gasteiger partial charge on any atom is 0.308 e. The van der Waals surface area contributed by atoms with Crippen LogP contribution < -0.4 is 0 Å². The second-order valence-electron chi connectivity index (χ2n) is 9.15. The fraction of sp³-hybridized carbons (Fsp3) is 0.826. The molecule has 1 saturated heterocycles. The van der Waals surface area contributed by atoms with Gasteiger partial charge in [-0.05, 0) is 56.3 Å². The number of aliphatic hydroxyl groups excluding tert-OH is 1. The van der Waals surface area contributed by atoms with E-state index in [1.165, 1.54) is 0 Å². The van der Waals surface area contributed by atoms with E-state index in [0.717, 1.165) is 38.5 Å². The van der Waals surface area contributed by atoms with Gasteiger partial charge >= 0.3 is 11.9 Å². The average Bonchev–Trinajstić information content (AvgIpc) is 2.66. The largest absolute Gasteiger partial charge is 0.462 e. The topological polar surface area (TPSA) is 72.8 Å². The zero-order valence-electron chi connectivity index (χ0n) is 17.5. The van der Waals surface area contributed by atoms with Crippen molar-refractivity contribution in [3.63, 3.8) is 0 Å². The first-order valence-electron chi connectivity index (χ1n) is 11.1. The minimum absolute atomic E-state index is 0.0165. The Kier molecular flexibility index (Phi) is 7.19. The second kappa shape index (κ2) is 9.43.